The number of rotatable bonds is 4. The maximum Gasteiger partial charge on any atom is 0.311 e. The molecule has 2 fully saturated rings. The van der Waals surface area contributed by atoms with Crippen molar-refractivity contribution in [2.24, 2.45) is 11.3 Å². The number of carbonyl (C=O) groups is 1. The smallest absolute Gasteiger partial charge is 0.311 e. The number of nitrogens with zero attached hydrogens (tertiary/aromatic N) is 2. The van der Waals surface area contributed by atoms with Gasteiger partial charge in [0.15, 0.2) is 0 Å². The molecule has 2 aliphatic rings. The molecule has 0 radical (unpaired) electrons. The van der Waals surface area contributed by atoms with Gasteiger partial charge >= 0.3 is 5.97 Å². The van der Waals surface area contributed by atoms with Gasteiger partial charge < -0.3 is 5.11 Å². The van der Waals surface area contributed by atoms with Crippen molar-refractivity contribution in [1.82, 2.24) is 8.61 Å². The predicted octanol–water partition coefficient (Wildman–Crippen LogP) is 1.76. The highest BCUT2D eigenvalue weighted by molar-refractivity contribution is 7.86. The number of aliphatic carboxylic acids is 1. The lowest BCUT2D eigenvalue weighted by atomic mass is 9.64. The van der Waals surface area contributed by atoms with Crippen LogP contribution in [0.2, 0.25) is 0 Å². The minimum absolute atomic E-state index is 0.0784. The third kappa shape index (κ3) is 2.74. The van der Waals surface area contributed by atoms with Crippen LogP contribution in [0.25, 0.3) is 0 Å². The Balaban J connectivity index is 1.88. The Kier molecular flexibility index (Phi) is 4.44. The molecule has 7 heteroatoms. The SMILES string of the molecule is CN(C)S(=O)(=O)N1C[C@@H]2C[C@@H](c3ccccc3)CC[C@]2(C(=O)O)C1. The molecule has 1 aliphatic carbocycles. The largest absolute Gasteiger partial charge is 0.481 e. The van der Waals surface area contributed by atoms with E-state index in [0.29, 0.717) is 12.3 Å². The van der Waals surface area contributed by atoms with Crippen molar-refractivity contribution < 1.29 is 18.3 Å². The molecular weight excluding hydrogens is 328 g/mol. The Labute approximate surface area is 143 Å². The molecule has 1 aliphatic heterocycles. The topological polar surface area (TPSA) is 77.9 Å². The standard InChI is InChI=1S/C17H24N2O4S/c1-18(2)24(22,23)19-11-15-10-14(13-6-4-3-5-7-13)8-9-17(15,12-19)16(20)21/h3-7,14-15H,8-12H2,1-2H3,(H,20,21)/t14-,15-,17-/m0/s1. The van der Waals surface area contributed by atoms with Gasteiger partial charge in [-0.15, -0.1) is 0 Å². The highest BCUT2D eigenvalue weighted by Crippen LogP contribution is 2.51. The highest BCUT2D eigenvalue weighted by atomic mass is 32.2. The first kappa shape index (κ1) is 17.4. The molecule has 3 rings (SSSR count). The summed E-state index contributed by atoms with van der Waals surface area (Å²) in [6, 6.07) is 10.1. The first-order valence-electron chi connectivity index (χ1n) is 8.23. The molecule has 0 unspecified atom stereocenters. The summed E-state index contributed by atoms with van der Waals surface area (Å²) >= 11 is 0. The number of carboxylic acids is 1. The second-order valence-electron chi connectivity index (χ2n) is 7.12. The average molecular weight is 352 g/mol. The van der Waals surface area contributed by atoms with Crippen LogP contribution in [0.1, 0.15) is 30.7 Å². The molecule has 3 atom stereocenters. The first-order valence-corrected chi connectivity index (χ1v) is 9.63. The van der Waals surface area contributed by atoms with Gasteiger partial charge in [-0.05, 0) is 36.7 Å². The molecule has 1 aromatic carbocycles. The van der Waals surface area contributed by atoms with Crippen LogP contribution in [-0.2, 0) is 15.0 Å². The normalized spacial score (nSPS) is 31.1. The molecule has 0 aromatic heterocycles. The molecule has 6 nitrogen and oxygen atoms in total. The van der Waals surface area contributed by atoms with Crippen LogP contribution in [0.4, 0.5) is 0 Å². The van der Waals surface area contributed by atoms with E-state index < -0.39 is 21.6 Å². The molecule has 1 aromatic rings. The lowest BCUT2D eigenvalue weighted by Gasteiger charge is -2.38. The van der Waals surface area contributed by atoms with Crippen LogP contribution in [0.3, 0.4) is 0 Å². The number of benzene rings is 1. The van der Waals surface area contributed by atoms with E-state index in [1.54, 1.807) is 0 Å². The molecule has 132 valence electrons. The van der Waals surface area contributed by atoms with Crippen molar-refractivity contribution in [3.8, 4) is 0 Å². The third-order valence-electron chi connectivity index (χ3n) is 5.66. The minimum Gasteiger partial charge on any atom is -0.481 e. The summed E-state index contributed by atoms with van der Waals surface area (Å²) in [7, 11) is -0.618. The summed E-state index contributed by atoms with van der Waals surface area (Å²) in [5, 5.41) is 9.84. The van der Waals surface area contributed by atoms with Gasteiger partial charge in [0.1, 0.15) is 0 Å². The van der Waals surface area contributed by atoms with E-state index in [2.05, 4.69) is 12.1 Å². The second kappa shape index (κ2) is 6.13. The number of hydrogen-bond acceptors (Lipinski definition) is 3. The summed E-state index contributed by atoms with van der Waals surface area (Å²) in [4.78, 5) is 12.0. The molecule has 1 heterocycles. The van der Waals surface area contributed by atoms with E-state index in [-0.39, 0.29) is 19.0 Å². The molecule has 0 bridgehead atoms. The van der Waals surface area contributed by atoms with Gasteiger partial charge in [-0.2, -0.15) is 17.0 Å². The maximum absolute atomic E-state index is 12.5. The number of fused-ring (bicyclic) bond motifs is 1. The molecule has 1 N–H and O–H groups in total. The third-order valence-corrected chi connectivity index (χ3v) is 7.51. The molecule has 24 heavy (non-hydrogen) atoms. The van der Waals surface area contributed by atoms with Crippen molar-refractivity contribution in [1.29, 1.82) is 0 Å². The summed E-state index contributed by atoms with van der Waals surface area (Å²) in [6.45, 7) is 0.366. The van der Waals surface area contributed by atoms with Gasteiger partial charge in [0.2, 0.25) is 0 Å². The van der Waals surface area contributed by atoms with Crippen LogP contribution < -0.4 is 0 Å². The van der Waals surface area contributed by atoms with Crippen LogP contribution in [0.15, 0.2) is 30.3 Å². The van der Waals surface area contributed by atoms with Crippen LogP contribution in [-0.4, -0.2) is 55.3 Å². The molecule has 0 amide bonds. The lowest BCUT2D eigenvalue weighted by molar-refractivity contribution is -0.152. The zero-order valence-electron chi connectivity index (χ0n) is 14.1. The summed E-state index contributed by atoms with van der Waals surface area (Å²) in [5.41, 5.74) is 0.263. The van der Waals surface area contributed by atoms with Gasteiger partial charge in [0, 0.05) is 27.2 Å². The van der Waals surface area contributed by atoms with E-state index in [1.165, 1.54) is 24.0 Å². The fourth-order valence-corrected chi connectivity index (χ4v) is 5.41. The number of hydrogen-bond donors (Lipinski definition) is 1. The maximum atomic E-state index is 12.5. The van der Waals surface area contributed by atoms with E-state index in [9.17, 15) is 18.3 Å². The Morgan fingerprint density at radius 3 is 2.54 bits per heavy atom. The van der Waals surface area contributed by atoms with Gasteiger partial charge in [-0.25, -0.2) is 0 Å². The van der Waals surface area contributed by atoms with Crippen molar-refractivity contribution >= 4 is 16.2 Å². The van der Waals surface area contributed by atoms with Gasteiger partial charge in [0.05, 0.1) is 5.41 Å². The van der Waals surface area contributed by atoms with E-state index in [4.69, 9.17) is 0 Å². The monoisotopic (exact) mass is 352 g/mol. The average Bonchev–Trinajstić information content (AvgIpc) is 2.96. The van der Waals surface area contributed by atoms with E-state index >= 15 is 0 Å². The zero-order valence-corrected chi connectivity index (χ0v) is 14.9. The number of carboxylic acid groups (broad SMARTS) is 1. The molecule has 1 saturated carbocycles. The zero-order chi connectivity index (χ0) is 17.5. The van der Waals surface area contributed by atoms with Gasteiger partial charge in [0.25, 0.3) is 10.2 Å². The fraction of sp³-hybridized carbons (Fsp3) is 0.588. The summed E-state index contributed by atoms with van der Waals surface area (Å²) in [6.07, 6.45) is 2.02. The van der Waals surface area contributed by atoms with Crippen molar-refractivity contribution in [3.05, 3.63) is 35.9 Å². The first-order chi connectivity index (χ1) is 11.3. The minimum atomic E-state index is -3.59. The fourth-order valence-electron chi connectivity index (χ4n) is 4.19. The Bertz CT molecular complexity index is 719. The summed E-state index contributed by atoms with van der Waals surface area (Å²) < 4.78 is 27.4. The Hall–Kier alpha value is -1.44. The van der Waals surface area contributed by atoms with Crippen LogP contribution in [0, 0.1) is 11.3 Å². The quantitative estimate of drug-likeness (QED) is 0.896. The van der Waals surface area contributed by atoms with Crippen molar-refractivity contribution in [2.45, 2.75) is 25.2 Å². The molecular formula is C17H24N2O4S. The lowest BCUT2D eigenvalue weighted by Crippen LogP contribution is -2.44. The predicted molar refractivity (Wildman–Crippen MR) is 90.8 cm³/mol. The van der Waals surface area contributed by atoms with Crippen molar-refractivity contribution in [3.63, 3.8) is 0 Å². The summed E-state index contributed by atoms with van der Waals surface area (Å²) in [5.74, 6) is -0.718. The van der Waals surface area contributed by atoms with E-state index in [1.807, 2.05) is 18.2 Å². The Morgan fingerprint density at radius 1 is 1.29 bits per heavy atom. The van der Waals surface area contributed by atoms with Crippen LogP contribution >= 0.6 is 0 Å². The molecule has 0 spiro atoms. The van der Waals surface area contributed by atoms with Gasteiger partial charge in [-0.3, -0.25) is 4.79 Å². The second-order valence-corrected chi connectivity index (χ2v) is 9.27. The Morgan fingerprint density at radius 2 is 1.96 bits per heavy atom. The molecule has 1 saturated heterocycles. The highest BCUT2D eigenvalue weighted by Gasteiger charge is 2.57. The van der Waals surface area contributed by atoms with Crippen molar-refractivity contribution in [2.75, 3.05) is 27.2 Å². The van der Waals surface area contributed by atoms with Gasteiger partial charge in [-0.1, -0.05) is 30.3 Å². The van der Waals surface area contributed by atoms with E-state index in [0.717, 1.165) is 17.1 Å². The van der Waals surface area contributed by atoms with Crippen LogP contribution in [0.5, 0.6) is 0 Å².